The summed E-state index contributed by atoms with van der Waals surface area (Å²) in [5.74, 6) is -0.531. The first-order valence-corrected chi connectivity index (χ1v) is 9.89. The van der Waals surface area contributed by atoms with Crippen LogP contribution in [0, 0.1) is 0 Å². The maximum Gasteiger partial charge on any atom is 0.241 e. The zero-order chi connectivity index (χ0) is 20.4. The maximum atomic E-state index is 11.8. The predicted molar refractivity (Wildman–Crippen MR) is 118 cm³/mol. The van der Waals surface area contributed by atoms with E-state index in [1.54, 1.807) is 12.1 Å². The van der Waals surface area contributed by atoms with Crippen molar-refractivity contribution in [2.75, 3.05) is 11.2 Å². The van der Waals surface area contributed by atoms with E-state index in [9.17, 15) is 4.79 Å². The number of benzene rings is 2. The van der Waals surface area contributed by atoms with E-state index in [0.29, 0.717) is 32.7 Å². The number of para-hydroxylation sites is 1. The highest BCUT2D eigenvalue weighted by Gasteiger charge is 2.15. The van der Waals surface area contributed by atoms with E-state index in [2.05, 4.69) is 20.3 Å². The number of fused-ring (bicyclic) bond motifs is 1. The Morgan fingerprint density at radius 2 is 1.55 bits per heavy atom. The Hall–Kier alpha value is -2.73. The smallest absolute Gasteiger partial charge is 0.241 e. The Bertz CT molecular complexity index is 1230. The van der Waals surface area contributed by atoms with Crippen LogP contribution in [0.25, 0.3) is 33.4 Å². The van der Waals surface area contributed by atoms with Gasteiger partial charge in [0.05, 0.1) is 16.9 Å². The minimum Gasteiger partial charge on any atom is -0.293 e. The van der Waals surface area contributed by atoms with Crippen LogP contribution in [0.5, 0.6) is 0 Å². The summed E-state index contributed by atoms with van der Waals surface area (Å²) in [6.45, 7) is 0. The molecule has 0 aliphatic rings. The molecule has 4 aromatic rings. The van der Waals surface area contributed by atoms with E-state index in [1.165, 1.54) is 0 Å². The molecule has 5 nitrogen and oxygen atoms in total. The molecule has 0 saturated carbocycles. The second-order valence-electron chi connectivity index (χ2n) is 6.14. The number of pyridine rings is 1. The molecular weight excluding hydrogens is 431 g/mol. The van der Waals surface area contributed by atoms with Crippen LogP contribution >= 0.6 is 34.8 Å². The highest BCUT2D eigenvalue weighted by Crippen LogP contribution is 2.33. The summed E-state index contributed by atoms with van der Waals surface area (Å²) in [5.41, 5.74) is 3.13. The van der Waals surface area contributed by atoms with E-state index in [4.69, 9.17) is 34.8 Å². The van der Waals surface area contributed by atoms with Crippen LogP contribution in [0.15, 0.2) is 60.7 Å². The van der Waals surface area contributed by atoms with Crippen molar-refractivity contribution in [1.82, 2.24) is 15.0 Å². The Morgan fingerprint density at radius 3 is 2.31 bits per heavy atom. The number of nitrogens with one attached hydrogen (secondary N) is 1. The topological polar surface area (TPSA) is 67.8 Å². The average molecular weight is 444 g/mol. The number of amides is 1. The van der Waals surface area contributed by atoms with Crippen molar-refractivity contribution < 1.29 is 4.79 Å². The lowest BCUT2D eigenvalue weighted by molar-refractivity contribution is -0.114. The maximum absolute atomic E-state index is 11.8. The number of rotatable bonds is 4. The largest absolute Gasteiger partial charge is 0.293 e. The highest BCUT2D eigenvalue weighted by atomic mass is 35.5. The number of carbonyl (C=O) groups is 1. The SMILES string of the molecule is O=C(CCl)Nc1nc(-c2ccccc2Cl)cc(-c2cc3ccccc3nc2Cl)n1. The molecule has 144 valence electrons. The number of nitrogens with zero attached hydrogens (tertiary/aromatic N) is 3. The molecule has 2 aromatic heterocycles. The molecule has 0 saturated heterocycles. The van der Waals surface area contributed by atoms with Crippen LogP contribution in [0.3, 0.4) is 0 Å². The van der Waals surface area contributed by atoms with E-state index in [0.717, 1.165) is 10.9 Å². The molecule has 1 N–H and O–H groups in total. The molecule has 0 aliphatic heterocycles. The van der Waals surface area contributed by atoms with Gasteiger partial charge in [-0.2, -0.15) is 0 Å². The van der Waals surface area contributed by atoms with Gasteiger partial charge in [0.1, 0.15) is 11.0 Å². The van der Waals surface area contributed by atoms with E-state index >= 15 is 0 Å². The molecular formula is C21H13Cl3N4O. The van der Waals surface area contributed by atoms with Crippen molar-refractivity contribution in [3.63, 3.8) is 0 Å². The number of carbonyl (C=O) groups excluding carboxylic acids is 1. The third-order valence-corrected chi connectivity index (χ3v) is 5.06. The molecule has 0 radical (unpaired) electrons. The number of hydrogen-bond donors (Lipinski definition) is 1. The van der Waals surface area contributed by atoms with Gasteiger partial charge < -0.3 is 0 Å². The number of aromatic nitrogens is 3. The third kappa shape index (κ3) is 4.17. The summed E-state index contributed by atoms with van der Waals surface area (Å²) in [6, 6.07) is 18.6. The van der Waals surface area contributed by atoms with Crippen LogP contribution in [-0.4, -0.2) is 26.7 Å². The molecule has 0 fully saturated rings. The van der Waals surface area contributed by atoms with Crippen LogP contribution in [-0.2, 0) is 4.79 Å². The minimum atomic E-state index is -0.420. The van der Waals surface area contributed by atoms with Gasteiger partial charge in [-0.3, -0.25) is 10.1 Å². The zero-order valence-electron chi connectivity index (χ0n) is 14.9. The molecule has 0 bridgehead atoms. The van der Waals surface area contributed by atoms with Crippen LogP contribution in [0.1, 0.15) is 0 Å². The standard InChI is InChI=1S/C21H13Cl3N4O/c22-11-19(29)28-21-26-17(13-6-2-3-7-15(13)23)10-18(27-21)14-9-12-5-1-4-8-16(12)25-20(14)24/h1-10H,11H2,(H,26,27,28,29). The molecule has 8 heteroatoms. The van der Waals surface area contributed by atoms with Gasteiger partial charge in [-0.05, 0) is 24.3 Å². The molecule has 4 rings (SSSR count). The minimum absolute atomic E-state index is 0.104. The molecule has 2 heterocycles. The number of hydrogen-bond acceptors (Lipinski definition) is 4. The van der Waals surface area contributed by atoms with Gasteiger partial charge in [-0.1, -0.05) is 59.6 Å². The first kappa shape index (κ1) is 19.6. The number of halogens is 3. The molecule has 0 atom stereocenters. The molecule has 0 unspecified atom stereocenters. The van der Waals surface area contributed by atoms with Crippen LogP contribution < -0.4 is 5.32 Å². The van der Waals surface area contributed by atoms with Gasteiger partial charge >= 0.3 is 0 Å². The van der Waals surface area contributed by atoms with E-state index in [1.807, 2.05) is 48.5 Å². The van der Waals surface area contributed by atoms with Gasteiger partial charge in [0, 0.05) is 21.5 Å². The van der Waals surface area contributed by atoms with Gasteiger partial charge in [0.2, 0.25) is 11.9 Å². The van der Waals surface area contributed by atoms with Gasteiger partial charge in [0.25, 0.3) is 0 Å². The third-order valence-electron chi connectivity index (χ3n) is 4.20. The van der Waals surface area contributed by atoms with Gasteiger partial charge in [-0.15, -0.1) is 11.6 Å². The fourth-order valence-corrected chi connectivity index (χ4v) is 3.42. The van der Waals surface area contributed by atoms with Crippen molar-refractivity contribution in [2.45, 2.75) is 0 Å². The van der Waals surface area contributed by atoms with E-state index in [-0.39, 0.29) is 11.8 Å². The van der Waals surface area contributed by atoms with Gasteiger partial charge in [0.15, 0.2) is 0 Å². The zero-order valence-corrected chi connectivity index (χ0v) is 17.1. The molecule has 1 amide bonds. The van der Waals surface area contributed by atoms with Crippen molar-refractivity contribution in [1.29, 1.82) is 0 Å². The van der Waals surface area contributed by atoms with E-state index < -0.39 is 5.91 Å². The first-order chi connectivity index (χ1) is 14.0. The fourth-order valence-electron chi connectivity index (χ4n) is 2.88. The average Bonchev–Trinajstić information content (AvgIpc) is 2.73. The summed E-state index contributed by atoms with van der Waals surface area (Å²) in [7, 11) is 0. The predicted octanol–water partition coefficient (Wildman–Crippen LogP) is 5.84. The van der Waals surface area contributed by atoms with Crippen LogP contribution in [0.4, 0.5) is 5.95 Å². The molecule has 0 aliphatic carbocycles. The molecule has 2 aromatic carbocycles. The normalized spacial score (nSPS) is 10.9. The highest BCUT2D eigenvalue weighted by molar-refractivity contribution is 6.33. The number of anilines is 1. The van der Waals surface area contributed by atoms with Crippen molar-refractivity contribution in [3.05, 3.63) is 70.8 Å². The summed E-state index contributed by atoms with van der Waals surface area (Å²) in [4.78, 5) is 25.1. The van der Waals surface area contributed by atoms with Gasteiger partial charge in [-0.25, -0.2) is 15.0 Å². The second-order valence-corrected chi connectivity index (χ2v) is 7.18. The molecule has 29 heavy (non-hydrogen) atoms. The Balaban J connectivity index is 1.92. The monoisotopic (exact) mass is 442 g/mol. The van der Waals surface area contributed by atoms with Crippen molar-refractivity contribution >= 4 is 57.6 Å². The first-order valence-electron chi connectivity index (χ1n) is 8.60. The fraction of sp³-hybridized carbons (Fsp3) is 0.0476. The summed E-state index contributed by atoms with van der Waals surface area (Å²) in [6.07, 6.45) is 0. The lowest BCUT2D eigenvalue weighted by Crippen LogP contribution is -2.15. The number of alkyl halides is 1. The van der Waals surface area contributed by atoms with Crippen molar-refractivity contribution in [2.24, 2.45) is 0 Å². The summed E-state index contributed by atoms with van der Waals surface area (Å²) in [5, 5.41) is 4.32. The summed E-state index contributed by atoms with van der Waals surface area (Å²) < 4.78 is 0. The lowest BCUT2D eigenvalue weighted by Gasteiger charge is -2.11. The lowest BCUT2D eigenvalue weighted by atomic mass is 10.1. The van der Waals surface area contributed by atoms with Crippen LogP contribution in [0.2, 0.25) is 10.2 Å². The van der Waals surface area contributed by atoms with Crippen molar-refractivity contribution in [3.8, 4) is 22.5 Å². The Labute approximate surface area is 181 Å². The quantitative estimate of drug-likeness (QED) is 0.318. The Kier molecular flexibility index (Phi) is 5.62. The molecule has 0 spiro atoms. The Morgan fingerprint density at radius 1 is 0.862 bits per heavy atom. The summed E-state index contributed by atoms with van der Waals surface area (Å²) >= 11 is 18.4. The second kappa shape index (κ2) is 8.33.